The molecule has 1 atom stereocenters. The number of nitrogens with one attached hydrogen (secondary N) is 2. The predicted molar refractivity (Wildman–Crippen MR) is 72.5 cm³/mol. The van der Waals surface area contributed by atoms with Crippen LogP contribution in [0.25, 0.3) is 0 Å². The summed E-state index contributed by atoms with van der Waals surface area (Å²) >= 11 is 0. The van der Waals surface area contributed by atoms with Gasteiger partial charge in [-0.15, -0.1) is 6.42 Å². The lowest BCUT2D eigenvalue weighted by atomic mass is 10.2. The molecule has 0 radical (unpaired) electrons. The van der Waals surface area contributed by atoms with Gasteiger partial charge in [0, 0.05) is 0 Å². The fraction of sp³-hybridized carbons (Fsp3) is 0.357. The Morgan fingerprint density at radius 2 is 2.22 bits per heavy atom. The van der Waals surface area contributed by atoms with Crippen LogP contribution in [0.5, 0.6) is 5.75 Å². The largest absolute Gasteiger partial charge is 0.495 e. The fourth-order valence-corrected chi connectivity index (χ4v) is 1.48. The Labute approximate surface area is 108 Å². The molecule has 0 saturated heterocycles. The highest BCUT2D eigenvalue weighted by molar-refractivity contribution is 5.93. The Hall–Kier alpha value is -1.99. The quantitative estimate of drug-likeness (QED) is 0.750. The summed E-state index contributed by atoms with van der Waals surface area (Å²) in [5.41, 5.74) is 0.653. The van der Waals surface area contributed by atoms with E-state index in [1.165, 1.54) is 0 Å². The van der Waals surface area contributed by atoms with E-state index in [2.05, 4.69) is 16.6 Å². The van der Waals surface area contributed by atoms with Crippen molar-refractivity contribution in [3.05, 3.63) is 24.3 Å². The van der Waals surface area contributed by atoms with E-state index in [9.17, 15) is 4.79 Å². The van der Waals surface area contributed by atoms with Crippen LogP contribution in [0.4, 0.5) is 5.69 Å². The molecule has 0 spiro atoms. The van der Waals surface area contributed by atoms with E-state index in [-0.39, 0.29) is 18.5 Å². The van der Waals surface area contributed by atoms with Crippen LogP contribution in [0.15, 0.2) is 24.3 Å². The zero-order chi connectivity index (χ0) is 13.4. The molecule has 4 heteroatoms. The third kappa shape index (κ3) is 4.11. The lowest BCUT2D eigenvalue weighted by molar-refractivity contribution is -0.115. The van der Waals surface area contributed by atoms with Gasteiger partial charge in [-0.05, 0) is 18.6 Å². The van der Waals surface area contributed by atoms with E-state index < -0.39 is 0 Å². The van der Waals surface area contributed by atoms with Crippen LogP contribution in [0.1, 0.15) is 13.3 Å². The molecule has 96 valence electrons. The highest BCUT2D eigenvalue weighted by Gasteiger charge is 2.08. The Kier molecular flexibility index (Phi) is 5.75. The van der Waals surface area contributed by atoms with Crippen molar-refractivity contribution in [3.8, 4) is 18.1 Å². The molecule has 0 aliphatic carbocycles. The lowest BCUT2D eigenvalue weighted by Gasteiger charge is -2.12. The zero-order valence-electron chi connectivity index (χ0n) is 10.7. The first-order valence-electron chi connectivity index (χ1n) is 5.83. The minimum absolute atomic E-state index is 0.0755. The highest BCUT2D eigenvalue weighted by Crippen LogP contribution is 2.22. The summed E-state index contributed by atoms with van der Waals surface area (Å²) in [5, 5.41) is 5.76. The van der Waals surface area contributed by atoms with E-state index in [1.54, 1.807) is 19.2 Å². The summed E-state index contributed by atoms with van der Waals surface area (Å²) in [7, 11) is 1.56. The number of hydrogen-bond donors (Lipinski definition) is 2. The number of ether oxygens (including phenoxy) is 1. The third-order valence-corrected chi connectivity index (χ3v) is 2.50. The van der Waals surface area contributed by atoms with Crippen LogP contribution >= 0.6 is 0 Å². The van der Waals surface area contributed by atoms with Gasteiger partial charge in [0.25, 0.3) is 0 Å². The second-order valence-corrected chi connectivity index (χ2v) is 3.76. The summed E-state index contributed by atoms with van der Waals surface area (Å²) in [4.78, 5) is 11.7. The summed E-state index contributed by atoms with van der Waals surface area (Å²) in [6.45, 7) is 2.15. The van der Waals surface area contributed by atoms with Crippen LogP contribution in [0, 0.1) is 12.3 Å². The van der Waals surface area contributed by atoms with Crippen molar-refractivity contribution in [2.24, 2.45) is 0 Å². The minimum Gasteiger partial charge on any atom is -0.495 e. The predicted octanol–water partition coefficient (Wildman–Crippen LogP) is 1.64. The second-order valence-electron chi connectivity index (χ2n) is 3.76. The van der Waals surface area contributed by atoms with E-state index >= 15 is 0 Å². The van der Waals surface area contributed by atoms with Crippen molar-refractivity contribution < 1.29 is 9.53 Å². The van der Waals surface area contributed by atoms with Crippen LogP contribution in [-0.2, 0) is 4.79 Å². The van der Waals surface area contributed by atoms with E-state index in [0.717, 1.165) is 6.42 Å². The van der Waals surface area contributed by atoms with Crippen molar-refractivity contribution >= 4 is 11.6 Å². The molecule has 0 aliphatic heterocycles. The Morgan fingerprint density at radius 3 is 2.83 bits per heavy atom. The Balaban J connectivity index is 2.52. The number of para-hydroxylation sites is 2. The van der Waals surface area contributed by atoms with Crippen LogP contribution < -0.4 is 15.4 Å². The van der Waals surface area contributed by atoms with Gasteiger partial charge in [0.1, 0.15) is 5.75 Å². The number of carbonyl (C=O) groups is 1. The lowest BCUT2D eigenvalue weighted by Crippen LogP contribution is -2.34. The Bertz CT molecular complexity index is 438. The van der Waals surface area contributed by atoms with E-state index in [1.807, 2.05) is 19.1 Å². The first kappa shape index (κ1) is 14.1. The number of amides is 1. The van der Waals surface area contributed by atoms with Crippen molar-refractivity contribution in [2.45, 2.75) is 19.4 Å². The summed E-state index contributed by atoms with van der Waals surface area (Å²) < 4.78 is 5.15. The molecule has 18 heavy (non-hydrogen) atoms. The monoisotopic (exact) mass is 246 g/mol. The van der Waals surface area contributed by atoms with Gasteiger partial charge in [-0.25, -0.2) is 0 Å². The summed E-state index contributed by atoms with van der Waals surface area (Å²) in [5.74, 6) is 3.07. The topological polar surface area (TPSA) is 50.4 Å². The number of terminal acetylenes is 1. The van der Waals surface area contributed by atoms with Gasteiger partial charge in [-0.3, -0.25) is 10.1 Å². The Morgan fingerprint density at radius 1 is 1.50 bits per heavy atom. The third-order valence-electron chi connectivity index (χ3n) is 2.50. The number of methoxy groups -OCH3 is 1. The molecule has 0 fully saturated rings. The molecular formula is C14H18N2O2. The number of rotatable bonds is 6. The molecule has 1 aromatic carbocycles. The molecule has 0 aliphatic rings. The molecular weight excluding hydrogens is 228 g/mol. The van der Waals surface area contributed by atoms with Crippen molar-refractivity contribution in [3.63, 3.8) is 0 Å². The average Bonchev–Trinajstić information content (AvgIpc) is 2.40. The van der Waals surface area contributed by atoms with Crippen molar-refractivity contribution in [1.82, 2.24) is 5.32 Å². The maximum Gasteiger partial charge on any atom is 0.238 e. The zero-order valence-corrected chi connectivity index (χ0v) is 10.7. The van der Waals surface area contributed by atoms with E-state index in [4.69, 9.17) is 11.2 Å². The number of carbonyl (C=O) groups excluding carboxylic acids is 1. The molecule has 0 saturated carbocycles. The standard InChI is InChI=1S/C14H18N2O2/c1-4-11(5-2)15-10-14(17)16-12-8-6-7-9-13(12)18-3/h1,6-9,11,15H,5,10H2,2-3H3,(H,16,17). The van der Waals surface area contributed by atoms with Crippen LogP contribution in [0.3, 0.4) is 0 Å². The normalized spacial score (nSPS) is 11.4. The van der Waals surface area contributed by atoms with E-state index in [0.29, 0.717) is 11.4 Å². The van der Waals surface area contributed by atoms with Gasteiger partial charge in [0.05, 0.1) is 25.4 Å². The van der Waals surface area contributed by atoms with Crippen LogP contribution in [-0.4, -0.2) is 25.6 Å². The molecule has 0 heterocycles. The SMILES string of the molecule is C#CC(CC)NCC(=O)Nc1ccccc1OC. The average molecular weight is 246 g/mol. The first-order chi connectivity index (χ1) is 8.71. The molecule has 1 rings (SSSR count). The van der Waals surface area contributed by atoms with Gasteiger partial charge in [-0.1, -0.05) is 25.0 Å². The minimum atomic E-state index is -0.145. The fourth-order valence-electron chi connectivity index (χ4n) is 1.48. The van der Waals surface area contributed by atoms with Gasteiger partial charge >= 0.3 is 0 Å². The highest BCUT2D eigenvalue weighted by atomic mass is 16.5. The van der Waals surface area contributed by atoms with Gasteiger partial charge in [0.2, 0.25) is 5.91 Å². The smallest absolute Gasteiger partial charge is 0.238 e. The molecule has 0 bridgehead atoms. The molecule has 1 aromatic rings. The molecule has 1 unspecified atom stereocenters. The number of anilines is 1. The first-order valence-corrected chi connectivity index (χ1v) is 5.83. The summed E-state index contributed by atoms with van der Waals surface area (Å²) in [6, 6.07) is 7.18. The summed E-state index contributed by atoms with van der Waals surface area (Å²) in [6.07, 6.45) is 6.09. The molecule has 4 nitrogen and oxygen atoms in total. The van der Waals surface area contributed by atoms with Crippen LogP contribution in [0.2, 0.25) is 0 Å². The maximum atomic E-state index is 11.7. The molecule has 2 N–H and O–H groups in total. The van der Waals surface area contributed by atoms with Crippen molar-refractivity contribution in [1.29, 1.82) is 0 Å². The number of hydrogen-bond acceptors (Lipinski definition) is 3. The van der Waals surface area contributed by atoms with Gasteiger partial charge in [0.15, 0.2) is 0 Å². The van der Waals surface area contributed by atoms with Crippen molar-refractivity contribution in [2.75, 3.05) is 19.0 Å². The molecule has 0 aromatic heterocycles. The maximum absolute atomic E-state index is 11.7. The van der Waals surface area contributed by atoms with Gasteiger partial charge in [-0.2, -0.15) is 0 Å². The molecule has 1 amide bonds. The second kappa shape index (κ2) is 7.36. The van der Waals surface area contributed by atoms with Gasteiger partial charge < -0.3 is 10.1 Å². The number of benzene rings is 1.